The van der Waals surface area contributed by atoms with Gasteiger partial charge in [-0.1, -0.05) is 165 Å². The Hall–Kier alpha value is -3.38. The van der Waals surface area contributed by atoms with Gasteiger partial charge in [-0.2, -0.15) is 0 Å². The Kier molecular flexibility index (Phi) is 12.7. The van der Waals surface area contributed by atoms with Crippen LogP contribution >= 0.6 is 0 Å². The van der Waals surface area contributed by atoms with E-state index in [1.54, 1.807) is 0 Å². The molecule has 0 spiro atoms. The first-order chi connectivity index (χ1) is 18.8. The summed E-state index contributed by atoms with van der Waals surface area (Å²) in [6.07, 6.45) is 41.8. The zero-order chi connectivity index (χ0) is 29.8. The van der Waals surface area contributed by atoms with Gasteiger partial charge in [0.15, 0.2) is 0 Å². The quantitative estimate of drug-likeness (QED) is 0.259. The maximum absolute atomic E-state index is 2.37. The third-order valence-electron chi connectivity index (χ3n) is 7.64. The van der Waals surface area contributed by atoms with Crippen molar-refractivity contribution in [1.82, 2.24) is 0 Å². The highest BCUT2D eigenvalue weighted by molar-refractivity contribution is 5.46. The molecule has 0 aromatic rings. The molecule has 0 fully saturated rings. The van der Waals surface area contributed by atoms with E-state index in [2.05, 4.69) is 179 Å². The van der Waals surface area contributed by atoms with Crippen LogP contribution in [0.4, 0.5) is 0 Å². The molecule has 212 valence electrons. The minimum Gasteiger partial charge on any atom is -0.0813 e. The van der Waals surface area contributed by atoms with Gasteiger partial charge in [0.2, 0.25) is 0 Å². The predicted octanol–water partition coefficient (Wildman–Crippen LogP) is 12.2. The van der Waals surface area contributed by atoms with E-state index in [4.69, 9.17) is 0 Å². The van der Waals surface area contributed by atoms with Crippen molar-refractivity contribution in [1.29, 1.82) is 0 Å². The molecule has 0 heteroatoms. The van der Waals surface area contributed by atoms with Gasteiger partial charge in [-0.05, 0) is 76.5 Å². The molecule has 0 atom stereocenters. The number of hydrogen-bond donors (Lipinski definition) is 0. The summed E-state index contributed by atoms with van der Waals surface area (Å²) in [6, 6.07) is 0. The monoisotopic (exact) mass is 532 g/mol. The van der Waals surface area contributed by atoms with Crippen LogP contribution in [0, 0.1) is 10.8 Å². The van der Waals surface area contributed by atoms with Crippen LogP contribution in [0.25, 0.3) is 0 Å². The Morgan fingerprint density at radius 3 is 1.60 bits per heavy atom. The lowest BCUT2D eigenvalue weighted by Gasteiger charge is -2.32. The molecule has 40 heavy (non-hydrogen) atoms. The van der Waals surface area contributed by atoms with Crippen LogP contribution in [-0.4, -0.2) is 0 Å². The summed E-state index contributed by atoms with van der Waals surface area (Å²) in [5.74, 6) is 0. The molecule has 0 amide bonds. The molecule has 0 aliphatic heterocycles. The first-order valence-electron chi connectivity index (χ1n) is 14.7. The van der Waals surface area contributed by atoms with E-state index in [0.717, 1.165) is 0 Å². The Balaban J connectivity index is 1.90. The second-order valence-corrected chi connectivity index (χ2v) is 12.5. The first kappa shape index (κ1) is 32.8. The van der Waals surface area contributed by atoms with Crippen LogP contribution in [0.15, 0.2) is 154 Å². The maximum Gasteiger partial charge on any atom is 0.00810 e. The van der Waals surface area contributed by atoms with Crippen molar-refractivity contribution in [3.63, 3.8) is 0 Å². The molecule has 2 rings (SSSR count). The van der Waals surface area contributed by atoms with Gasteiger partial charge in [0.25, 0.3) is 0 Å². The molecule has 0 nitrogen and oxygen atoms in total. The van der Waals surface area contributed by atoms with E-state index in [9.17, 15) is 0 Å². The molecule has 0 unspecified atom stereocenters. The number of rotatable bonds is 9. The summed E-state index contributed by atoms with van der Waals surface area (Å²) >= 11 is 0. The van der Waals surface area contributed by atoms with Crippen molar-refractivity contribution in [3.05, 3.63) is 154 Å². The molecule has 2 aliphatic carbocycles. The third-order valence-corrected chi connectivity index (χ3v) is 7.64. The van der Waals surface area contributed by atoms with Crippen LogP contribution in [0.5, 0.6) is 0 Å². The van der Waals surface area contributed by atoms with E-state index in [1.165, 1.54) is 57.4 Å². The molecular formula is C40H52. The van der Waals surface area contributed by atoms with Gasteiger partial charge in [-0.25, -0.2) is 0 Å². The Bertz CT molecular complexity index is 1240. The van der Waals surface area contributed by atoms with Crippen LogP contribution < -0.4 is 0 Å². The van der Waals surface area contributed by atoms with Gasteiger partial charge in [0, 0.05) is 5.41 Å². The highest BCUT2D eigenvalue weighted by Gasteiger charge is 2.26. The average Bonchev–Trinajstić information content (AvgIpc) is 2.85. The topological polar surface area (TPSA) is 0 Å². The van der Waals surface area contributed by atoms with Crippen molar-refractivity contribution in [2.24, 2.45) is 10.8 Å². The molecule has 0 aromatic carbocycles. The fraction of sp³-hybridized carbons (Fsp3) is 0.350. The zero-order valence-corrected chi connectivity index (χ0v) is 26.8. The molecule has 0 saturated heterocycles. The van der Waals surface area contributed by atoms with Gasteiger partial charge >= 0.3 is 0 Å². The van der Waals surface area contributed by atoms with Gasteiger partial charge in [0.05, 0.1) is 0 Å². The van der Waals surface area contributed by atoms with Crippen molar-refractivity contribution in [3.8, 4) is 0 Å². The standard InChI is InChI=1S/C40H52/c1-31(19-13-21-33(3)25-27-37-35(5)23-15-29-39(37,7)8)17-11-12-18-32(2)20-14-22-34(4)26-28-38-36(6)24-16-30-40(38,9)10/h11-15,17-29H,16,30H2,1-10H3/b17-11+,18-12+,21-13+,22-14+,31-19+,32-20+,33-25+,34-26+,37-27-,38-28-. The fourth-order valence-electron chi connectivity index (χ4n) is 5.02. The zero-order valence-electron chi connectivity index (χ0n) is 26.8. The minimum absolute atomic E-state index is 0.0784. The number of allylic oxidation sites excluding steroid dienone is 26. The molecule has 0 bridgehead atoms. The molecule has 2 aliphatic rings. The summed E-state index contributed by atoms with van der Waals surface area (Å²) in [6.45, 7) is 22.2. The van der Waals surface area contributed by atoms with Gasteiger partial charge in [-0.15, -0.1) is 0 Å². The van der Waals surface area contributed by atoms with Gasteiger partial charge < -0.3 is 0 Å². The van der Waals surface area contributed by atoms with Crippen LogP contribution in [0.3, 0.4) is 0 Å². The molecular weight excluding hydrogens is 480 g/mol. The highest BCUT2D eigenvalue weighted by atomic mass is 14.3. The summed E-state index contributed by atoms with van der Waals surface area (Å²) in [4.78, 5) is 0. The van der Waals surface area contributed by atoms with Crippen LogP contribution in [0.2, 0.25) is 0 Å². The van der Waals surface area contributed by atoms with E-state index in [-0.39, 0.29) is 10.8 Å². The minimum atomic E-state index is 0.0784. The number of hydrogen-bond acceptors (Lipinski definition) is 0. The third kappa shape index (κ3) is 11.0. The van der Waals surface area contributed by atoms with Crippen molar-refractivity contribution < 1.29 is 0 Å². The van der Waals surface area contributed by atoms with Gasteiger partial charge in [0.1, 0.15) is 0 Å². The fourth-order valence-corrected chi connectivity index (χ4v) is 5.02. The lowest BCUT2D eigenvalue weighted by molar-refractivity contribution is 0.404. The Morgan fingerprint density at radius 1 is 0.625 bits per heavy atom. The van der Waals surface area contributed by atoms with Crippen molar-refractivity contribution in [2.75, 3.05) is 0 Å². The predicted molar refractivity (Wildman–Crippen MR) is 181 cm³/mol. The van der Waals surface area contributed by atoms with Gasteiger partial charge in [-0.3, -0.25) is 0 Å². The lowest BCUT2D eigenvalue weighted by atomic mass is 9.73. The molecule has 0 heterocycles. The van der Waals surface area contributed by atoms with E-state index in [1.807, 2.05) is 0 Å². The van der Waals surface area contributed by atoms with E-state index in [0.29, 0.717) is 0 Å². The smallest absolute Gasteiger partial charge is 0.00810 e. The summed E-state index contributed by atoms with van der Waals surface area (Å²) in [5, 5.41) is 0. The summed E-state index contributed by atoms with van der Waals surface area (Å²) in [5.41, 5.74) is 10.9. The van der Waals surface area contributed by atoms with E-state index >= 15 is 0 Å². The first-order valence-corrected chi connectivity index (χ1v) is 14.7. The normalized spacial score (nSPS) is 22.9. The average molecular weight is 533 g/mol. The molecule has 0 radical (unpaired) electrons. The second-order valence-electron chi connectivity index (χ2n) is 12.5. The largest absolute Gasteiger partial charge is 0.0813 e. The van der Waals surface area contributed by atoms with Crippen molar-refractivity contribution >= 4 is 0 Å². The Labute approximate surface area is 246 Å². The second kappa shape index (κ2) is 15.4. The van der Waals surface area contributed by atoms with Crippen LogP contribution in [0.1, 0.15) is 82.1 Å². The summed E-state index contributed by atoms with van der Waals surface area (Å²) < 4.78 is 0. The lowest BCUT2D eigenvalue weighted by Crippen LogP contribution is -2.18. The molecule has 0 aromatic heterocycles. The highest BCUT2D eigenvalue weighted by Crippen LogP contribution is 2.40. The van der Waals surface area contributed by atoms with E-state index < -0.39 is 0 Å². The van der Waals surface area contributed by atoms with Crippen LogP contribution in [-0.2, 0) is 0 Å². The SMILES string of the molecule is CC1=CC=CC(C)(C)\C1=C/C=C(C)/C=C/C=C(C)/C=C/C=C/C(C)=C/C=C/C(C)=C/C=C1/C(C)=CCCC1(C)C. The Morgan fingerprint density at radius 2 is 1.10 bits per heavy atom. The summed E-state index contributed by atoms with van der Waals surface area (Å²) in [7, 11) is 0. The maximum atomic E-state index is 2.37. The molecule has 0 N–H and O–H groups in total. The molecule has 0 saturated carbocycles. The van der Waals surface area contributed by atoms with Crippen molar-refractivity contribution in [2.45, 2.75) is 82.1 Å².